The van der Waals surface area contributed by atoms with Crippen LogP contribution in [0.1, 0.15) is 73.3 Å². The van der Waals surface area contributed by atoms with Crippen molar-refractivity contribution in [2.75, 3.05) is 0 Å². The summed E-state index contributed by atoms with van der Waals surface area (Å²) in [6, 6.07) is 20.3. The molecule has 1 fully saturated rings. The Kier molecular flexibility index (Phi) is 4.37. The fraction of sp³-hybridized carbons (Fsp3) is 0.303. The molecule has 2 heteroatoms. The maximum Gasteiger partial charge on any atom is 0.145 e. The monoisotopic (exact) mass is 457 g/mol. The predicted molar refractivity (Wildman–Crippen MR) is 145 cm³/mol. The van der Waals surface area contributed by atoms with Gasteiger partial charge in [0, 0.05) is 27.9 Å². The highest BCUT2D eigenvalue weighted by atomic mass is 16.3. The van der Waals surface area contributed by atoms with Crippen LogP contribution in [0.4, 0.5) is 0 Å². The van der Waals surface area contributed by atoms with E-state index in [0.717, 1.165) is 22.4 Å². The van der Waals surface area contributed by atoms with Crippen molar-refractivity contribution >= 4 is 21.9 Å². The van der Waals surface area contributed by atoms with Crippen LogP contribution in [0.3, 0.4) is 0 Å². The van der Waals surface area contributed by atoms with Gasteiger partial charge in [0.15, 0.2) is 0 Å². The third-order valence-corrected chi connectivity index (χ3v) is 8.71. The fourth-order valence-electron chi connectivity index (χ4n) is 7.15. The maximum atomic E-state index is 6.72. The Morgan fingerprint density at radius 1 is 0.886 bits per heavy atom. The molecule has 3 aromatic carbocycles. The van der Waals surface area contributed by atoms with Gasteiger partial charge in [0.1, 0.15) is 11.2 Å². The summed E-state index contributed by atoms with van der Waals surface area (Å²) in [6.07, 6.45) is 7.07. The Hall–Kier alpha value is -3.39. The van der Waals surface area contributed by atoms with E-state index in [1.807, 2.05) is 0 Å². The van der Waals surface area contributed by atoms with E-state index in [1.54, 1.807) is 0 Å². The van der Waals surface area contributed by atoms with E-state index in [-0.39, 0.29) is 5.41 Å². The molecule has 0 saturated heterocycles. The van der Waals surface area contributed by atoms with Gasteiger partial charge in [-0.3, -0.25) is 4.98 Å². The summed E-state index contributed by atoms with van der Waals surface area (Å²) in [7, 11) is 0. The molecule has 0 bridgehead atoms. The molecule has 0 N–H and O–H groups in total. The zero-order valence-corrected chi connectivity index (χ0v) is 21.0. The molecule has 2 aromatic heterocycles. The minimum Gasteiger partial charge on any atom is -0.455 e. The van der Waals surface area contributed by atoms with Crippen LogP contribution in [0.25, 0.3) is 44.3 Å². The summed E-state index contributed by atoms with van der Waals surface area (Å²) in [4.78, 5) is 4.93. The van der Waals surface area contributed by atoms with Gasteiger partial charge in [-0.2, -0.15) is 0 Å². The molecule has 0 aliphatic heterocycles. The number of rotatable bonds is 2. The van der Waals surface area contributed by atoms with Crippen molar-refractivity contribution in [1.82, 2.24) is 4.98 Å². The van der Waals surface area contributed by atoms with Crippen LogP contribution in [0, 0.1) is 13.8 Å². The summed E-state index contributed by atoms with van der Waals surface area (Å²) in [5.74, 6) is 0.464. The number of hydrogen-bond acceptors (Lipinski definition) is 2. The number of fused-ring (bicyclic) bond motifs is 9. The average molecular weight is 458 g/mol. The van der Waals surface area contributed by atoms with Crippen molar-refractivity contribution in [3.05, 3.63) is 88.6 Å². The lowest BCUT2D eigenvalue weighted by molar-refractivity contribution is 0.554. The molecule has 35 heavy (non-hydrogen) atoms. The largest absolute Gasteiger partial charge is 0.455 e. The van der Waals surface area contributed by atoms with Crippen molar-refractivity contribution in [3.63, 3.8) is 0 Å². The lowest BCUT2D eigenvalue weighted by atomic mass is 9.75. The summed E-state index contributed by atoms with van der Waals surface area (Å²) in [5, 5.41) is 2.54. The van der Waals surface area contributed by atoms with Crippen molar-refractivity contribution in [2.24, 2.45) is 0 Å². The Morgan fingerprint density at radius 2 is 1.69 bits per heavy atom. The topological polar surface area (TPSA) is 26.0 Å². The molecule has 5 aromatic rings. The van der Waals surface area contributed by atoms with Crippen molar-refractivity contribution in [3.8, 4) is 22.4 Å². The van der Waals surface area contributed by atoms with Crippen LogP contribution in [-0.4, -0.2) is 4.98 Å². The quantitative estimate of drug-likeness (QED) is 0.264. The first-order chi connectivity index (χ1) is 17.0. The fourth-order valence-corrected chi connectivity index (χ4v) is 7.15. The molecule has 2 nitrogen and oxygen atoms in total. The van der Waals surface area contributed by atoms with Gasteiger partial charge >= 0.3 is 0 Å². The first-order valence-corrected chi connectivity index (χ1v) is 13.1. The van der Waals surface area contributed by atoms with Crippen molar-refractivity contribution in [1.29, 1.82) is 0 Å². The molecule has 7 rings (SSSR count). The highest BCUT2D eigenvalue weighted by molar-refractivity contribution is 6.14. The third kappa shape index (κ3) is 2.74. The van der Waals surface area contributed by atoms with Gasteiger partial charge in [0.25, 0.3) is 0 Å². The van der Waals surface area contributed by atoms with E-state index >= 15 is 0 Å². The molecular weight excluding hydrogens is 426 g/mol. The van der Waals surface area contributed by atoms with E-state index < -0.39 is 0 Å². The zero-order valence-electron chi connectivity index (χ0n) is 21.0. The van der Waals surface area contributed by atoms with Crippen LogP contribution < -0.4 is 0 Å². The van der Waals surface area contributed by atoms with Crippen LogP contribution in [0.5, 0.6) is 0 Å². The number of aromatic nitrogens is 1. The van der Waals surface area contributed by atoms with Gasteiger partial charge < -0.3 is 4.42 Å². The molecule has 0 amide bonds. The third-order valence-electron chi connectivity index (χ3n) is 8.71. The summed E-state index contributed by atoms with van der Waals surface area (Å²) >= 11 is 0. The molecule has 2 aliphatic carbocycles. The standard InChI is InChI=1S/C33H31NO/c1-19(2)25-18-34-27(17-21(25)4)29-20(3)11-12-24-30-28(35-32(24)29)14-13-23-22-9-5-6-10-26(22)33(31(23)30)15-7-8-16-33/h5-6,9-14,17-19H,7-8,15-16H2,1-4H3. The van der Waals surface area contributed by atoms with Gasteiger partial charge in [0.2, 0.25) is 0 Å². The molecule has 0 atom stereocenters. The van der Waals surface area contributed by atoms with Gasteiger partial charge in [-0.05, 0) is 83.7 Å². The van der Waals surface area contributed by atoms with Crippen LogP contribution in [0.2, 0.25) is 0 Å². The molecule has 0 unspecified atom stereocenters. The molecular formula is C33H31NO. The summed E-state index contributed by atoms with van der Waals surface area (Å²) < 4.78 is 6.72. The minimum absolute atomic E-state index is 0.112. The SMILES string of the molecule is Cc1cc(-c2c(C)ccc3c2oc2ccc4c(c23)C2(CCCC2)c2ccccc2-4)ncc1C(C)C. The maximum absolute atomic E-state index is 6.72. The molecule has 174 valence electrons. The first kappa shape index (κ1) is 20.9. The predicted octanol–water partition coefficient (Wildman–Crippen LogP) is 9.23. The first-order valence-electron chi connectivity index (χ1n) is 13.1. The van der Waals surface area contributed by atoms with E-state index in [4.69, 9.17) is 9.40 Å². The molecule has 1 spiro atoms. The highest BCUT2D eigenvalue weighted by Crippen LogP contribution is 2.59. The molecule has 2 heterocycles. The van der Waals surface area contributed by atoms with E-state index in [9.17, 15) is 0 Å². The van der Waals surface area contributed by atoms with E-state index in [1.165, 1.54) is 75.4 Å². The summed E-state index contributed by atoms with van der Waals surface area (Å²) in [6.45, 7) is 8.83. The Bertz CT molecular complexity index is 1650. The van der Waals surface area contributed by atoms with Gasteiger partial charge in [-0.25, -0.2) is 0 Å². The van der Waals surface area contributed by atoms with Crippen LogP contribution in [0.15, 0.2) is 65.2 Å². The lowest BCUT2D eigenvalue weighted by Gasteiger charge is -2.27. The van der Waals surface area contributed by atoms with Gasteiger partial charge in [-0.1, -0.05) is 69.2 Å². The average Bonchev–Trinajstić information content (AvgIpc) is 3.55. The number of aryl methyl sites for hydroxylation is 2. The van der Waals surface area contributed by atoms with Crippen LogP contribution in [-0.2, 0) is 5.41 Å². The number of furan rings is 1. The molecule has 0 radical (unpaired) electrons. The highest BCUT2D eigenvalue weighted by Gasteiger charge is 2.46. The Morgan fingerprint density at radius 3 is 2.46 bits per heavy atom. The van der Waals surface area contributed by atoms with Crippen molar-refractivity contribution in [2.45, 2.75) is 64.7 Å². The molecule has 2 aliphatic rings. The smallest absolute Gasteiger partial charge is 0.145 e. The Balaban J connectivity index is 1.55. The summed E-state index contributed by atoms with van der Waals surface area (Å²) in [5.41, 5.74) is 13.8. The van der Waals surface area contributed by atoms with Crippen LogP contribution >= 0.6 is 0 Å². The van der Waals surface area contributed by atoms with Crippen molar-refractivity contribution < 1.29 is 4.42 Å². The number of benzene rings is 3. The zero-order chi connectivity index (χ0) is 23.9. The normalized spacial score (nSPS) is 16.0. The number of nitrogens with zero attached hydrogens (tertiary/aromatic N) is 1. The lowest BCUT2D eigenvalue weighted by Crippen LogP contribution is -2.20. The minimum atomic E-state index is 0.112. The second kappa shape index (κ2) is 7.31. The van der Waals surface area contributed by atoms with E-state index in [2.05, 4.69) is 88.5 Å². The number of pyridine rings is 1. The van der Waals surface area contributed by atoms with Gasteiger partial charge in [0.05, 0.1) is 5.69 Å². The second-order valence-electron chi connectivity index (χ2n) is 11.0. The second-order valence-corrected chi connectivity index (χ2v) is 11.0. The Labute approximate surface area is 207 Å². The molecule has 1 saturated carbocycles. The number of hydrogen-bond donors (Lipinski definition) is 0. The van der Waals surface area contributed by atoms with Gasteiger partial charge in [-0.15, -0.1) is 0 Å². The van der Waals surface area contributed by atoms with E-state index in [0.29, 0.717) is 5.92 Å².